The standard InChI is InChI=1S/C13H16N2O2/c1-10(2)15-13(17)12-11(6-3-4-9-16)7-5-8-14-12/h5,7-8,10,16H,4,9H2,1-2H3,(H,15,17). The summed E-state index contributed by atoms with van der Waals surface area (Å²) in [5, 5.41) is 11.4. The molecule has 0 bridgehead atoms. The summed E-state index contributed by atoms with van der Waals surface area (Å²) >= 11 is 0. The lowest BCUT2D eigenvalue weighted by Gasteiger charge is -2.08. The number of amides is 1. The van der Waals surface area contributed by atoms with E-state index in [2.05, 4.69) is 22.1 Å². The smallest absolute Gasteiger partial charge is 0.271 e. The van der Waals surface area contributed by atoms with E-state index in [9.17, 15) is 4.79 Å². The van der Waals surface area contributed by atoms with E-state index in [1.54, 1.807) is 18.3 Å². The van der Waals surface area contributed by atoms with Crippen molar-refractivity contribution in [2.75, 3.05) is 6.61 Å². The van der Waals surface area contributed by atoms with Crippen molar-refractivity contribution in [2.24, 2.45) is 0 Å². The highest BCUT2D eigenvalue weighted by atomic mass is 16.2. The quantitative estimate of drug-likeness (QED) is 0.763. The summed E-state index contributed by atoms with van der Waals surface area (Å²) in [5.74, 6) is 5.39. The minimum absolute atomic E-state index is 0.0147. The van der Waals surface area contributed by atoms with E-state index in [-0.39, 0.29) is 18.6 Å². The van der Waals surface area contributed by atoms with Gasteiger partial charge in [-0.15, -0.1) is 0 Å². The summed E-state index contributed by atoms with van der Waals surface area (Å²) in [7, 11) is 0. The molecule has 1 amide bonds. The predicted molar refractivity (Wildman–Crippen MR) is 65.4 cm³/mol. The molecular formula is C13H16N2O2. The third-order valence-corrected chi connectivity index (χ3v) is 1.90. The van der Waals surface area contributed by atoms with Gasteiger partial charge in [0.15, 0.2) is 0 Å². The molecule has 1 aromatic heterocycles. The van der Waals surface area contributed by atoms with Gasteiger partial charge < -0.3 is 10.4 Å². The highest BCUT2D eigenvalue weighted by molar-refractivity contribution is 5.94. The topological polar surface area (TPSA) is 62.2 Å². The zero-order valence-electron chi connectivity index (χ0n) is 10.0. The lowest BCUT2D eigenvalue weighted by Crippen LogP contribution is -2.31. The van der Waals surface area contributed by atoms with E-state index < -0.39 is 0 Å². The van der Waals surface area contributed by atoms with Crippen molar-refractivity contribution in [3.05, 3.63) is 29.6 Å². The zero-order chi connectivity index (χ0) is 12.7. The van der Waals surface area contributed by atoms with Gasteiger partial charge in [-0.2, -0.15) is 0 Å². The Bertz CT molecular complexity index is 444. The lowest BCUT2D eigenvalue weighted by atomic mass is 10.1. The molecule has 0 fully saturated rings. The maximum atomic E-state index is 11.8. The van der Waals surface area contributed by atoms with Crippen LogP contribution in [0.15, 0.2) is 18.3 Å². The predicted octanol–water partition coefficient (Wildman–Crippen LogP) is 0.954. The molecule has 4 heteroatoms. The molecule has 0 aliphatic rings. The Labute approximate surface area is 101 Å². The molecule has 0 aromatic carbocycles. The van der Waals surface area contributed by atoms with Crippen molar-refractivity contribution in [3.63, 3.8) is 0 Å². The normalized spacial score (nSPS) is 9.65. The number of rotatable bonds is 3. The molecule has 0 aliphatic heterocycles. The van der Waals surface area contributed by atoms with E-state index in [1.807, 2.05) is 13.8 Å². The van der Waals surface area contributed by atoms with Crippen LogP contribution in [0, 0.1) is 11.8 Å². The summed E-state index contributed by atoms with van der Waals surface area (Å²) in [6, 6.07) is 3.53. The number of hydrogen-bond donors (Lipinski definition) is 2. The van der Waals surface area contributed by atoms with Crippen LogP contribution in [0.2, 0.25) is 0 Å². The molecule has 4 nitrogen and oxygen atoms in total. The molecule has 1 rings (SSSR count). The van der Waals surface area contributed by atoms with Gasteiger partial charge in [0.2, 0.25) is 0 Å². The van der Waals surface area contributed by atoms with Crippen molar-refractivity contribution in [3.8, 4) is 11.8 Å². The molecule has 1 aromatic rings. The molecule has 0 atom stereocenters. The SMILES string of the molecule is CC(C)NC(=O)c1ncccc1C#CCCO. The first kappa shape index (κ1) is 13.2. The second-order valence-corrected chi connectivity index (χ2v) is 3.80. The number of hydrogen-bond acceptors (Lipinski definition) is 3. The number of aromatic nitrogens is 1. The number of carbonyl (C=O) groups is 1. The van der Waals surface area contributed by atoms with Gasteiger partial charge in [-0.1, -0.05) is 11.8 Å². The molecule has 1 heterocycles. The van der Waals surface area contributed by atoms with E-state index in [1.165, 1.54) is 0 Å². The Morgan fingerprint density at radius 3 is 3.00 bits per heavy atom. The van der Waals surface area contributed by atoms with Crippen LogP contribution in [0.5, 0.6) is 0 Å². The van der Waals surface area contributed by atoms with E-state index >= 15 is 0 Å². The largest absolute Gasteiger partial charge is 0.395 e. The maximum absolute atomic E-state index is 11.8. The van der Waals surface area contributed by atoms with E-state index in [0.717, 1.165) is 0 Å². The van der Waals surface area contributed by atoms with Crippen molar-refractivity contribution in [1.29, 1.82) is 0 Å². The summed E-state index contributed by atoms with van der Waals surface area (Å²) in [5.41, 5.74) is 0.908. The van der Waals surface area contributed by atoms with Gasteiger partial charge >= 0.3 is 0 Å². The van der Waals surface area contributed by atoms with Gasteiger partial charge in [0, 0.05) is 18.7 Å². The fraction of sp³-hybridized carbons (Fsp3) is 0.385. The summed E-state index contributed by atoms with van der Waals surface area (Å²) in [6.45, 7) is 3.79. The molecule has 0 aliphatic carbocycles. The van der Waals surface area contributed by atoms with Crippen molar-refractivity contribution < 1.29 is 9.90 Å². The van der Waals surface area contributed by atoms with Crippen molar-refractivity contribution in [1.82, 2.24) is 10.3 Å². The first-order valence-corrected chi connectivity index (χ1v) is 5.50. The average molecular weight is 232 g/mol. The van der Waals surface area contributed by atoms with Crippen LogP contribution in [0.3, 0.4) is 0 Å². The fourth-order valence-corrected chi connectivity index (χ4v) is 1.23. The van der Waals surface area contributed by atoms with Gasteiger partial charge in [0.1, 0.15) is 5.69 Å². The summed E-state index contributed by atoms with van der Waals surface area (Å²) in [6.07, 6.45) is 1.95. The second kappa shape index (κ2) is 6.66. The van der Waals surface area contributed by atoms with Crippen LogP contribution < -0.4 is 5.32 Å². The molecule has 0 saturated heterocycles. The Kier molecular flexibility index (Phi) is 5.18. The minimum Gasteiger partial charge on any atom is -0.395 e. The van der Waals surface area contributed by atoms with Gasteiger partial charge in [0.25, 0.3) is 5.91 Å². The molecule has 17 heavy (non-hydrogen) atoms. The third kappa shape index (κ3) is 4.25. The molecule has 0 radical (unpaired) electrons. The average Bonchev–Trinajstić information content (AvgIpc) is 2.29. The molecular weight excluding hydrogens is 216 g/mol. The number of aliphatic hydroxyl groups is 1. The highest BCUT2D eigenvalue weighted by Crippen LogP contribution is 2.04. The number of carbonyl (C=O) groups excluding carboxylic acids is 1. The fourth-order valence-electron chi connectivity index (χ4n) is 1.23. The number of aliphatic hydroxyl groups excluding tert-OH is 1. The maximum Gasteiger partial charge on any atom is 0.271 e. The lowest BCUT2D eigenvalue weighted by molar-refractivity contribution is 0.0938. The number of nitrogens with one attached hydrogen (secondary N) is 1. The molecule has 0 saturated carbocycles. The van der Waals surface area contributed by atoms with Gasteiger partial charge in [-0.3, -0.25) is 4.79 Å². The zero-order valence-corrected chi connectivity index (χ0v) is 10.0. The van der Waals surface area contributed by atoms with Gasteiger partial charge in [0.05, 0.1) is 12.2 Å². The van der Waals surface area contributed by atoms with E-state index in [0.29, 0.717) is 17.7 Å². The second-order valence-electron chi connectivity index (χ2n) is 3.80. The highest BCUT2D eigenvalue weighted by Gasteiger charge is 2.11. The van der Waals surface area contributed by atoms with Crippen LogP contribution in [-0.4, -0.2) is 28.6 Å². The Morgan fingerprint density at radius 2 is 2.35 bits per heavy atom. The van der Waals surface area contributed by atoms with Gasteiger partial charge in [-0.05, 0) is 26.0 Å². The monoisotopic (exact) mass is 232 g/mol. The Hall–Kier alpha value is -1.86. The van der Waals surface area contributed by atoms with Crippen LogP contribution in [0.25, 0.3) is 0 Å². The Balaban J connectivity index is 2.92. The molecule has 0 unspecified atom stereocenters. The summed E-state index contributed by atoms with van der Waals surface area (Å²) < 4.78 is 0. The number of nitrogens with zero attached hydrogens (tertiary/aromatic N) is 1. The van der Waals surface area contributed by atoms with E-state index in [4.69, 9.17) is 5.11 Å². The third-order valence-electron chi connectivity index (χ3n) is 1.90. The summed E-state index contributed by atoms with van der Waals surface area (Å²) in [4.78, 5) is 15.9. The van der Waals surface area contributed by atoms with Gasteiger partial charge in [-0.25, -0.2) is 4.98 Å². The molecule has 0 spiro atoms. The van der Waals surface area contributed by atoms with Crippen LogP contribution in [0.1, 0.15) is 36.3 Å². The van der Waals surface area contributed by atoms with Crippen LogP contribution in [-0.2, 0) is 0 Å². The van der Waals surface area contributed by atoms with Crippen molar-refractivity contribution in [2.45, 2.75) is 26.3 Å². The molecule has 2 N–H and O–H groups in total. The van der Waals surface area contributed by atoms with Crippen molar-refractivity contribution >= 4 is 5.91 Å². The minimum atomic E-state index is -0.228. The van der Waals surface area contributed by atoms with Crippen LogP contribution >= 0.6 is 0 Å². The molecule has 90 valence electrons. The first-order chi connectivity index (χ1) is 8.15. The Morgan fingerprint density at radius 1 is 1.59 bits per heavy atom. The first-order valence-electron chi connectivity index (χ1n) is 5.50. The number of pyridine rings is 1. The van der Waals surface area contributed by atoms with Crippen LogP contribution in [0.4, 0.5) is 0 Å².